The fraction of sp³-hybridized carbons (Fsp3) is 0.350. The normalized spacial score (nSPS) is 14.4. The van der Waals surface area contributed by atoms with Crippen molar-refractivity contribution >= 4 is 21.6 Å². The van der Waals surface area contributed by atoms with Gasteiger partial charge in [0.25, 0.3) is 0 Å². The first-order valence-electron chi connectivity index (χ1n) is 9.14. The number of carbonyl (C=O) groups excluding carboxylic acids is 1. The van der Waals surface area contributed by atoms with Crippen molar-refractivity contribution in [3.8, 4) is 11.5 Å². The van der Waals surface area contributed by atoms with E-state index in [0.717, 1.165) is 12.0 Å². The molecule has 2 aromatic carbocycles. The van der Waals surface area contributed by atoms with Gasteiger partial charge in [0.15, 0.2) is 0 Å². The van der Waals surface area contributed by atoms with Crippen molar-refractivity contribution in [1.29, 1.82) is 0 Å². The number of benzene rings is 2. The number of nitrogens with zero attached hydrogens (tertiary/aromatic N) is 1. The lowest BCUT2D eigenvalue weighted by Gasteiger charge is -2.20. The Labute approximate surface area is 165 Å². The maximum atomic E-state index is 12.8. The van der Waals surface area contributed by atoms with Gasteiger partial charge in [0.05, 0.1) is 24.3 Å². The third-order valence-corrected chi connectivity index (χ3v) is 5.90. The van der Waals surface area contributed by atoms with Crippen LogP contribution in [-0.4, -0.2) is 34.6 Å². The van der Waals surface area contributed by atoms with E-state index in [9.17, 15) is 13.2 Å². The summed E-state index contributed by atoms with van der Waals surface area (Å²) in [5.74, 6) is 1.13. The van der Waals surface area contributed by atoms with Crippen molar-refractivity contribution in [3.63, 3.8) is 0 Å². The summed E-state index contributed by atoms with van der Waals surface area (Å²) in [4.78, 5) is 13.8. The molecule has 0 unspecified atom stereocenters. The quantitative estimate of drug-likeness (QED) is 0.731. The molecule has 150 valence electrons. The van der Waals surface area contributed by atoms with Crippen molar-refractivity contribution in [2.24, 2.45) is 0 Å². The van der Waals surface area contributed by atoms with Gasteiger partial charge in [0, 0.05) is 19.5 Å². The van der Waals surface area contributed by atoms with E-state index in [1.807, 2.05) is 25.1 Å². The molecule has 1 aliphatic heterocycles. The summed E-state index contributed by atoms with van der Waals surface area (Å²) in [5.41, 5.74) is 1.27. The van der Waals surface area contributed by atoms with Crippen molar-refractivity contribution in [3.05, 3.63) is 48.0 Å². The average molecular weight is 404 g/mol. The van der Waals surface area contributed by atoms with Crippen LogP contribution in [0, 0.1) is 0 Å². The van der Waals surface area contributed by atoms with Crippen molar-refractivity contribution in [2.45, 2.75) is 31.2 Å². The zero-order valence-electron chi connectivity index (χ0n) is 16.0. The second-order valence-corrected chi connectivity index (χ2v) is 8.15. The number of amides is 1. The van der Waals surface area contributed by atoms with Crippen LogP contribution in [0.1, 0.15) is 25.3 Å². The molecule has 1 saturated heterocycles. The van der Waals surface area contributed by atoms with Crippen LogP contribution >= 0.6 is 0 Å². The van der Waals surface area contributed by atoms with E-state index >= 15 is 0 Å². The molecule has 8 heteroatoms. The van der Waals surface area contributed by atoms with E-state index in [-0.39, 0.29) is 17.3 Å². The predicted molar refractivity (Wildman–Crippen MR) is 106 cm³/mol. The summed E-state index contributed by atoms with van der Waals surface area (Å²) in [6.45, 7) is 3.12. The number of ether oxygens (including phenoxy) is 2. The van der Waals surface area contributed by atoms with Gasteiger partial charge in [-0.05, 0) is 49.2 Å². The fourth-order valence-corrected chi connectivity index (χ4v) is 4.16. The topological polar surface area (TPSA) is 84.9 Å². The Hall–Kier alpha value is -2.58. The van der Waals surface area contributed by atoms with Gasteiger partial charge in [0.2, 0.25) is 15.9 Å². The SMILES string of the molecule is CCOc1cccc(CNS(=O)(=O)c2ccc(OC)c(N3CCCC3=O)c2)c1. The van der Waals surface area contributed by atoms with E-state index in [1.54, 1.807) is 17.0 Å². The molecule has 0 atom stereocenters. The number of sulfonamides is 1. The maximum Gasteiger partial charge on any atom is 0.240 e. The van der Waals surface area contributed by atoms with Crippen LogP contribution in [0.15, 0.2) is 47.4 Å². The second kappa shape index (κ2) is 8.62. The van der Waals surface area contributed by atoms with Crippen LogP contribution in [0.4, 0.5) is 5.69 Å². The first kappa shape index (κ1) is 20.2. The smallest absolute Gasteiger partial charge is 0.240 e. The van der Waals surface area contributed by atoms with E-state index < -0.39 is 10.0 Å². The highest BCUT2D eigenvalue weighted by atomic mass is 32.2. The number of anilines is 1. The first-order chi connectivity index (χ1) is 13.4. The van der Waals surface area contributed by atoms with Gasteiger partial charge >= 0.3 is 0 Å². The van der Waals surface area contributed by atoms with E-state index in [2.05, 4.69) is 4.72 Å². The Bertz CT molecular complexity index is 959. The van der Waals surface area contributed by atoms with Gasteiger partial charge < -0.3 is 14.4 Å². The molecule has 1 amide bonds. The minimum absolute atomic E-state index is 0.0338. The molecule has 28 heavy (non-hydrogen) atoms. The predicted octanol–water partition coefficient (Wildman–Crippen LogP) is 2.70. The lowest BCUT2D eigenvalue weighted by Crippen LogP contribution is -2.26. The fourth-order valence-electron chi connectivity index (χ4n) is 3.12. The minimum Gasteiger partial charge on any atom is -0.495 e. The summed E-state index contributed by atoms with van der Waals surface area (Å²) in [7, 11) is -2.27. The molecule has 7 nitrogen and oxygen atoms in total. The first-order valence-corrected chi connectivity index (χ1v) is 10.6. The molecule has 1 aliphatic rings. The van der Waals surface area contributed by atoms with E-state index in [4.69, 9.17) is 9.47 Å². The van der Waals surface area contributed by atoms with Gasteiger partial charge in [-0.1, -0.05) is 12.1 Å². The molecule has 1 fully saturated rings. The van der Waals surface area contributed by atoms with Crippen molar-refractivity contribution < 1.29 is 22.7 Å². The zero-order valence-corrected chi connectivity index (χ0v) is 16.8. The number of nitrogens with one attached hydrogen (secondary N) is 1. The van der Waals surface area contributed by atoms with Gasteiger partial charge in [0.1, 0.15) is 11.5 Å². The monoisotopic (exact) mass is 404 g/mol. The Kier molecular flexibility index (Phi) is 6.21. The molecule has 2 aromatic rings. The Morgan fingerprint density at radius 1 is 1.18 bits per heavy atom. The Morgan fingerprint density at radius 3 is 2.68 bits per heavy atom. The molecule has 0 aliphatic carbocycles. The minimum atomic E-state index is -3.76. The highest BCUT2D eigenvalue weighted by molar-refractivity contribution is 7.89. The number of carbonyl (C=O) groups is 1. The van der Waals surface area contributed by atoms with Gasteiger partial charge in [-0.2, -0.15) is 0 Å². The van der Waals surface area contributed by atoms with Gasteiger partial charge in [-0.3, -0.25) is 4.79 Å². The van der Waals surface area contributed by atoms with Crippen LogP contribution in [0.25, 0.3) is 0 Å². The summed E-state index contributed by atoms with van der Waals surface area (Å²) in [5, 5.41) is 0. The van der Waals surface area contributed by atoms with Gasteiger partial charge in [-0.25, -0.2) is 13.1 Å². The molecule has 0 bridgehead atoms. The van der Waals surface area contributed by atoms with Gasteiger partial charge in [-0.15, -0.1) is 0 Å². The summed E-state index contributed by atoms with van der Waals surface area (Å²) in [6, 6.07) is 11.8. The second-order valence-electron chi connectivity index (χ2n) is 6.39. The van der Waals surface area contributed by atoms with Crippen LogP contribution in [0.2, 0.25) is 0 Å². The highest BCUT2D eigenvalue weighted by Gasteiger charge is 2.26. The van der Waals surface area contributed by atoms with Crippen LogP contribution in [0.3, 0.4) is 0 Å². The van der Waals surface area contributed by atoms with E-state index in [0.29, 0.717) is 36.8 Å². The molecular formula is C20H24N2O5S. The summed E-state index contributed by atoms with van der Waals surface area (Å²) in [6.07, 6.45) is 1.20. The average Bonchev–Trinajstić information content (AvgIpc) is 3.12. The molecule has 0 spiro atoms. The van der Waals surface area contributed by atoms with E-state index in [1.165, 1.54) is 19.2 Å². The van der Waals surface area contributed by atoms with Crippen LogP contribution in [-0.2, 0) is 21.4 Å². The van der Waals surface area contributed by atoms with Crippen LogP contribution in [0.5, 0.6) is 11.5 Å². The maximum absolute atomic E-state index is 12.8. The number of hydrogen-bond donors (Lipinski definition) is 1. The Morgan fingerprint density at radius 2 is 2.00 bits per heavy atom. The lowest BCUT2D eigenvalue weighted by molar-refractivity contribution is -0.117. The molecule has 1 heterocycles. The Balaban J connectivity index is 1.81. The molecule has 0 aromatic heterocycles. The number of methoxy groups -OCH3 is 1. The molecule has 0 saturated carbocycles. The van der Waals surface area contributed by atoms with Crippen LogP contribution < -0.4 is 19.1 Å². The molecular weight excluding hydrogens is 380 g/mol. The van der Waals surface area contributed by atoms with Crippen molar-refractivity contribution in [2.75, 3.05) is 25.2 Å². The summed E-state index contributed by atoms with van der Waals surface area (Å²) < 4.78 is 38.9. The third kappa shape index (κ3) is 4.45. The molecule has 3 rings (SSSR count). The molecule has 1 N–H and O–H groups in total. The number of hydrogen-bond acceptors (Lipinski definition) is 5. The highest BCUT2D eigenvalue weighted by Crippen LogP contribution is 2.33. The lowest BCUT2D eigenvalue weighted by atomic mass is 10.2. The van der Waals surface area contributed by atoms with Crippen molar-refractivity contribution in [1.82, 2.24) is 4.72 Å². The molecule has 0 radical (unpaired) electrons. The zero-order chi connectivity index (χ0) is 20.1. The summed E-state index contributed by atoms with van der Waals surface area (Å²) >= 11 is 0. The largest absolute Gasteiger partial charge is 0.495 e. The number of rotatable bonds is 8. The standard InChI is InChI=1S/C20H24N2O5S/c1-3-27-16-7-4-6-15(12-16)14-21-28(24,25)17-9-10-19(26-2)18(13-17)22-11-5-8-20(22)23/h4,6-7,9-10,12-13,21H,3,5,8,11,14H2,1-2H3. The third-order valence-electron chi connectivity index (χ3n) is 4.50.